The molecule has 2 atom stereocenters. The van der Waals surface area contributed by atoms with E-state index in [9.17, 15) is 9.59 Å². The van der Waals surface area contributed by atoms with E-state index < -0.39 is 0 Å². The first-order chi connectivity index (χ1) is 7.47. The van der Waals surface area contributed by atoms with Crippen molar-refractivity contribution in [2.45, 2.75) is 45.7 Å². The van der Waals surface area contributed by atoms with Crippen LogP contribution in [0.25, 0.3) is 0 Å². The number of nitrogens with zero attached hydrogens (tertiary/aromatic N) is 2. The fourth-order valence-electron chi connectivity index (χ4n) is 2.12. The summed E-state index contributed by atoms with van der Waals surface area (Å²) in [5.41, 5.74) is 0. The summed E-state index contributed by atoms with van der Waals surface area (Å²) in [6.07, 6.45) is 1.41. The number of amides is 1. The highest BCUT2D eigenvalue weighted by Gasteiger charge is 2.37. The summed E-state index contributed by atoms with van der Waals surface area (Å²) in [5, 5.41) is 0. The molecule has 0 N–H and O–H groups in total. The zero-order valence-electron chi connectivity index (χ0n) is 10.3. The van der Waals surface area contributed by atoms with Crippen LogP contribution in [0.1, 0.15) is 33.6 Å². The van der Waals surface area contributed by atoms with Crippen molar-refractivity contribution in [3.8, 4) is 0 Å². The lowest BCUT2D eigenvalue weighted by Crippen LogP contribution is -2.43. The average Bonchev–Trinajstić information content (AvgIpc) is 2.55. The highest BCUT2D eigenvalue weighted by Crippen LogP contribution is 2.21. The molecule has 0 spiro atoms. The van der Waals surface area contributed by atoms with Gasteiger partial charge in [0.25, 0.3) is 0 Å². The Balaban J connectivity index is 2.76. The third-order valence-electron chi connectivity index (χ3n) is 2.97. The second-order valence-corrected chi connectivity index (χ2v) is 4.77. The Morgan fingerprint density at radius 3 is 2.62 bits per heavy atom. The molecule has 90 valence electrons. The molecule has 1 rings (SSSR count). The first kappa shape index (κ1) is 12.9. The van der Waals surface area contributed by atoms with Crippen molar-refractivity contribution in [2.24, 2.45) is 10.9 Å². The van der Waals surface area contributed by atoms with Crippen molar-refractivity contribution < 1.29 is 9.59 Å². The summed E-state index contributed by atoms with van der Waals surface area (Å²) < 4.78 is 0. The van der Waals surface area contributed by atoms with Crippen LogP contribution in [0.2, 0.25) is 0 Å². The molecule has 0 unspecified atom stereocenters. The quantitative estimate of drug-likeness (QED) is 0.661. The molecule has 0 saturated carbocycles. The molecule has 0 aliphatic carbocycles. The van der Waals surface area contributed by atoms with E-state index in [2.05, 4.69) is 25.6 Å². The molecule has 4 heteroatoms. The Morgan fingerprint density at radius 1 is 1.62 bits per heavy atom. The maximum atomic E-state index is 11.9. The maximum absolute atomic E-state index is 11.9. The minimum atomic E-state index is -0.339. The molecule has 1 amide bonds. The van der Waals surface area contributed by atoms with E-state index in [1.165, 1.54) is 0 Å². The van der Waals surface area contributed by atoms with Gasteiger partial charge in [-0.15, -0.1) is 0 Å². The third kappa shape index (κ3) is 2.68. The number of hydrogen-bond acceptors (Lipinski definition) is 3. The van der Waals surface area contributed by atoms with Crippen molar-refractivity contribution in [3.63, 3.8) is 0 Å². The van der Waals surface area contributed by atoms with Crippen molar-refractivity contribution in [3.05, 3.63) is 0 Å². The van der Waals surface area contributed by atoms with E-state index in [1.807, 2.05) is 0 Å². The minimum absolute atomic E-state index is 0.0455. The standard InChI is InChI=1S/C12H20N2O2/c1-8(2)7-11(9(3)15)14-6-5-10(13-4)12(14)16/h8,10-11H,4-7H2,1-3H3/t10-,11+/m1/s1. The van der Waals surface area contributed by atoms with Gasteiger partial charge in [-0.2, -0.15) is 0 Å². The molecule has 0 aromatic carbocycles. The number of aliphatic imine (C=N–C) groups is 1. The second kappa shape index (κ2) is 5.23. The van der Waals surface area contributed by atoms with Crippen LogP contribution in [0.4, 0.5) is 0 Å². The van der Waals surface area contributed by atoms with Crippen LogP contribution >= 0.6 is 0 Å². The van der Waals surface area contributed by atoms with Gasteiger partial charge >= 0.3 is 0 Å². The van der Waals surface area contributed by atoms with Gasteiger partial charge in [-0.25, -0.2) is 0 Å². The summed E-state index contributed by atoms with van der Waals surface area (Å²) in [7, 11) is 0. The molecular formula is C12H20N2O2. The van der Waals surface area contributed by atoms with Gasteiger partial charge in [0.2, 0.25) is 5.91 Å². The summed E-state index contributed by atoms with van der Waals surface area (Å²) in [4.78, 5) is 28.9. The number of carbonyl (C=O) groups is 2. The molecule has 1 aliphatic heterocycles. The van der Waals surface area contributed by atoms with Gasteiger partial charge in [0.05, 0.1) is 6.04 Å². The van der Waals surface area contributed by atoms with Crippen LogP contribution in [0.15, 0.2) is 4.99 Å². The van der Waals surface area contributed by atoms with E-state index in [1.54, 1.807) is 11.8 Å². The highest BCUT2D eigenvalue weighted by molar-refractivity contribution is 5.91. The minimum Gasteiger partial charge on any atom is -0.331 e. The van der Waals surface area contributed by atoms with Crippen LogP contribution in [0.3, 0.4) is 0 Å². The third-order valence-corrected chi connectivity index (χ3v) is 2.97. The van der Waals surface area contributed by atoms with Gasteiger partial charge < -0.3 is 4.90 Å². The van der Waals surface area contributed by atoms with E-state index in [4.69, 9.17) is 0 Å². The number of rotatable bonds is 5. The second-order valence-electron chi connectivity index (χ2n) is 4.77. The van der Waals surface area contributed by atoms with E-state index in [-0.39, 0.29) is 23.8 Å². The SMILES string of the molecule is C=N[C@@H]1CCN([C@@H](CC(C)C)C(C)=O)C1=O. The number of likely N-dealkylation sites (tertiary alicyclic amines) is 1. The highest BCUT2D eigenvalue weighted by atomic mass is 16.2. The largest absolute Gasteiger partial charge is 0.331 e. The van der Waals surface area contributed by atoms with Crippen LogP contribution in [-0.2, 0) is 9.59 Å². The zero-order valence-corrected chi connectivity index (χ0v) is 10.3. The van der Waals surface area contributed by atoms with Crippen molar-refractivity contribution >= 4 is 18.4 Å². The first-order valence-electron chi connectivity index (χ1n) is 5.74. The van der Waals surface area contributed by atoms with Gasteiger partial charge in [-0.3, -0.25) is 14.6 Å². The fourth-order valence-corrected chi connectivity index (χ4v) is 2.12. The van der Waals surface area contributed by atoms with Crippen molar-refractivity contribution in [1.29, 1.82) is 0 Å². The van der Waals surface area contributed by atoms with E-state index in [0.29, 0.717) is 18.9 Å². The lowest BCUT2D eigenvalue weighted by Gasteiger charge is -2.27. The van der Waals surface area contributed by atoms with Crippen LogP contribution in [-0.4, -0.2) is 41.9 Å². The maximum Gasteiger partial charge on any atom is 0.248 e. The molecule has 1 heterocycles. The van der Waals surface area contributed by atoms with Crippen LogP contribution < -0.4 is 0 Å². The van der Waals surface area contributed by atoms with Crippen LogP contribution in [0.5, 0.6) is 0 Å². The number of hydrogen-bond donors (Lipinski definition) is 0. The predicted octanol–water partition coefficient (Wildman–Crippen LogP) is 1.29. The Kier molecular flexibility index (Phi) is 4.21. The molecule has 0 bridgehead atoms. The number of Topliss-reactive ketones (excluding diaryl/α,β-unsaturated/α-hetero) is 1. The Hall–Kier alpha value is -1.19. The smallest absolute Gasteiger partial charge is 0.248 e. The predicted molar refractivity (Wildman–Crippen MR) is 63.6 cm³/mol. The topological polar surface area (TPSA) is 49.7 Å². The lowest BCUT2D eigenvalue weighted by molar-refractivity contribution is -0.136. The van der Waals surface area contributed by atoms with Gasteiger partial charge in [0, 0.05) is 6.54 Å². The van der Waals surface area contributed by atoms with Crippen LogP contribution in [0, 0.1) is 5.92 Å². The first-order valence-corrected chi connectivity index (χ1v) is 5.74. The van der Waals surface area contributed by atoms with E-state index >= 15 is 0 Å². The molecular weight excluding hydrogens is 204 g/mol. The molecule has 0 aromatic rings. The van der Waals surface area contributed by atoms with Gasteiger partial charge in [-0.05, 0) is 32.4 Å². The van der Waals surface area contributed by atoms with Gasteiger partial charge in [0.15, 0.2) is 5.78 Å². The molecule has 1 aliphatic rings. The molecule has 0 radical (unpaired) electrons. The Labute approximate surface area is 96.7 Å². The molecule has 16 heavy (non-hydrogen) atoms. The normalized spacial score (nSPS) is 22.6. The molecule has 1 fully saturated rings. The summed E-state index contributed by atoms with van der Waals surface area (Å²) in [5.74, 6) is 0.417. The average molecular weight is 224 g/mol. The summed E-state index contributed by atoms with van der Waals surface area (Å²) in [6, 6.07) is -0.617. The zero-order chi connectivity index (χ0) is 12.3. The summed E-state index contributed by atoms with van der Waals surface area (Å²) in [6.45, 7) is 9.70. The number of carbonyl (C=O) groups excluding carboxylic acids is 2. The van der Waals surface area contributed by atoms with E-state index in [0.717, 1.165) is 6.42 Å². The monoisotopic (exact) mass is 224 g/mol. The number of ketones is 1. The van der Waals surface area contributed by atoms with Gasteiger partial charge in [-0.1, -0.05) is 13.8 Å². The van der Waals surface area contributed by atoms with Crippen molar-refractivity contribution in [2.75, 3.05) is 6.54 Å². The molecule has 0 aromatic heterocycles. The summed E-state index contributed by atoms with van der Waals surface area (Å²) >= 11 is 0. The Morgan fingerprint density at radius 2 is 2.25 bits per heavy atom. The van der Waals surface area contributed by atoms with Crippen molar-refractivity contribution in [1.82, 2.24) is 4.90 Å². The molecule has 1 saturated heterocycles. The lowest BCUT2D eigenvalue weighted by atomic mass is 10.00. The Bertz CT molecular complexity index is 299. The molecule has 4 nitrogen and oxygen atoms in total. The van der Waals surface area contributed by atoms with Gasteiger partial charge in [0.1, 0.15) is 6.04 Å². The fraction of sp³-hybridized carbons (Fsp3) is 0.750.